The normalized spacial score (nSPS) is 17.7. The van der Waals surface area contributed by atoms with Gasteiger partial charge in [-0.25, -0.2) is 4.79 Å². The Labute approximate surface area is 156 Å². The molecule has 0 spiro atoms. The van der Waals surface area contributed by atoms with Gasteiger partial charge in [0.25, 0.3) is 0 Å². The first-order valence-electron chi connectivity index (χ1n) is 8.95. The van der Waals surface area contributed by atoms with Gasteiger partial charge in [-0.1, -0.05) is 51.0 Å². The molecule has 1 aromatic rings. The lowest BCUT2D eigenvalue weighted by Crippen LogP contribution is -2.43. The molecule has 0 saturated heterocycles. The van der Waals surface area contributed by atoms with Gasteiger partial charge in [-0.05, 0) is 36.1 Å². The van der Waals surface area contributed by atoms with E-state index in [0.29, 0.717) is 6.42 Å². The van der Waals surface area contributed by atoms with Crippen molar-refractivity contribution in [3.05, 3.63) is 34.2 Å². The van der Waals surface area contributed by atoms with Gasteiger partial charge in [0, 0.05) is 11.3 Å². The summed E-state index contributed by atoms with van der Waals surface area (Å²) in [6.07, 6.45) is 4.52. The maximum Gasteiger partial charge on any atom is 0.349 e. The molecule has 25 heavy (non-hydrogen) atoms. The Bertz CT molecular complexity index is 740. The SMILES string of the molecule is CC[Si](CC)(CC)c1ccc(/C=C/C2=C(C#N)C(=O)OC(C)(C)C2)s1. The summed E-state index contributed by atoms with van der Waals surface area (Å²) >= 11 is 1.86. The van der Waals surface area contributed by atoms with E-state index in [1.54, 1.807) is 4.50 Å². The van der Waals surface area contributed by atoms with Crippen molar-refractivity contribution in [2.75, 3.05) is 0 Å². The maximum absolute atomic E-state index is 12.0. The second-order valence-corrected chi connectivity index (χ2v) is 13.9. The average molecular weight is 374 g/mol. The monoisotopic (exact) mass is 373 g/mol. The molecule has 1 aliphatic heterocycles. The summed E-state index contributed by atoms with van der Waals surface area (Å²) in [5, 5.41) is 9.27. The van der Waals surface area contributed by atoms with Crippen LogP contribution in [0.5, 0.6) is 0 Å². The molecule has 0 radical (unpaired) electrons. The molecular weight excluding hydrogens is 346 g/mol. The predicted molar refractivity (Wildman–Crippen MR) is 108 cm³/mol. The van der Waals surface area contributed by atoms with Gasteiger partial charge in [-0.15, -0.1) is 11.3 Å². The quantitative estimate of drug-likeness (QED) is 0.519. The van der Waals surface area contributed by atoms with Crippen molar-refractivity contribution < 1.29 is 9.53 Å². The van der Waals surface area contributed by atoms with Gasteiger partial charge in [-0.3, -0.25) is 0 Å². The number of rotatable bonds is 6. The van der Waals surface area contributed by atoms with Gasteiger partial charge >= 0.3 is 5.97 Å². The smallest absolute Gasteiger partial charge is 0.349 e. The Hall–Kier alpha value is -1.64. The molecule has 2 heterocycles. The fraction of sp³-hybridized carbons (Fsp3) is 0.500. The maximum atomic E-state index is 12.0. The van der Waals surface area contributed by atoms with Gasteiger partial charge in [0.1, 0.15) is 17.2 Å². The van der Waals surface area contributed by atoms with E-state index >= 15 is 0 Å². The number of nitrogens with zero attached hydrogens (tertiary/aromatic N) is 1. The number of cyclic esters (lactones) is 1. The average Bonchev–Trinajstić information content (AvgIpc) is 3.03. The Morgan fingerprint density at radius 3 is 2.44 bits per heavy atom. The van der Waals surface area contributed by atoms with Crippen LogP contribution in [-0.4, -0.2) is 19.6 Å². The lowest BCUT2D eigenvalue weighted by Gasteiger charge is -2.30. The van der Waals surface area contributed by atoms with Gasteiger partial charge in [0.15, 0.2) is 0 Å². The molecule has 0 saturated carbocycles. The topological polar surface area (TPSA) is 50.1 Å². The molecule has 0 aliphatic carbocycles. The number of hydrogen-bond donors (Lipinski definition) is 0. The summed E-state index contributed by atoms with van der Waals surface area (Å²) in [7, 11) is -1.35. The Kier molecular flexibility index (Phi) is 6.07. The van der Waals surface area contributed by atoms with Crippen molar-refractivity contribution in [2.24, 2.45) is 0 Å². The minimum absolute atomic E-state index is 0.131. The fourth-order valence-electron chi connectivity index (χ4n) is 3.46. The molecule has 0 unspecified atom stereocenters. The molecule has 0 amide bonds. The molecule has 5 heteroatoms. The van der Waals surface area contributed by atoms with E-state index in [4.69, 9.17) is 4.74 Å². The third-order valence-corrected chi connectivity index (χ3v) is 13.0. The zero-order valence-electron chi connectivity index (χ0n) is 15.8. The number of carbonyl (C=O) groups is 1. The van der Waals surface area contributed by atoms with Crippen LogP contribution in [0.1, 0.15) is 45.9 Å². The van der Waals surface area contributed by atoms with Crippen LogP contribution in [0.2, 0.25) is 18.1 Å². The molecule has 0 aromatic carbocycles. The highest BCUT2D eigenvalue weighted by atomic mass is 32.1. The summed E-state index contributed by atoms with van der Waals surface area (Å²) in [5.41, 5.74) is 0.335. The minimum atomic E-state index is -1.35. The van der Waals surface area contributed by atoms with Crippen molar-refractivity contribution in [1.29, 1.82) is 5.26 Å². The Morgan fingerprint density at radius 1 is 1.24 bits per heavy atom. The van der Waals surface area contributed by atoms with Gasteiger partial charge in [0.2, 0.25) is 0 Å². The molecular formula is C20H27NO2SSi. The molecule has 0 N–H and O–H groups in total. The summed E-state index contributed by atoms with van der Waals surface area (Å²) in [4.78, 5) is 13.2. The number of hydrogen-bond acceptors (Lipinski definition) is 4. The number of esters is 1. The highest BCUT2D eigenvalue weighted by Gasteiger charge is 2.33. The largest absolute Gasteiger partial charge is 0.455 e. The van der Waals surface area contributed by atoms with E-state index < -0.39 is 19.6 Å². The zero-order valence-corrected chi connectivity index (χ0v) is 17.6. The van der Waals surface area contributed by atoms with E-state index in [2.05, 4.69) is 32.9 Å². The Morgan fingerprint density at radius 2 is 1.88 bits per heavy atom. The third-order valence-electron chi connectivity index (χ3n) is 5.25. The molecule has 0 fully saturated rings. The third kappa shape index (κ3) is 4.13. The highest BCUT2D eigenvalue weighted by molar-refractivity contribution is 7.27. The number of nitriles is 1. The standard InChI is InChI=1S/C20H27NO2SSi/c1-6-25(7-2,8-3)18-12-11-16(24-18)10-9-15-13-20(4,5)23-19(22)17(15)14-21/h9-12H,6-8,13H2,1-5H3/b10-9+. The van der Waals surface area contributed by atoms with Crippen LogP contribution in [0.3, 0.4) is 0 Å². The summed E-state index contributed by atoms with van der Waals surface area (Å²) in [5.74, 6) is -0.514. The van der Waals surface area contributed by atoms with Gasteiger partial charge in [0.05, 0.1) is 8.07 Å². The first-order chi connectivity index (χ1) is 11.8. The first-order valence-corrected chi connectivity index (χ1v) is 12.4. The number of carbonyl (C=O) groups excluding carboxylic acids is 1. The molecule has 134 valence electrons. The number of ether oxygens (including phenoxy) is 1. The van der Waals surface area contributed by atoms with E-state index in [9.17, 15) is 10.1 Å². The van der Waals surface area contributed by atoms with Crippen molar-refractivity contribution in [1.82, 2.24) is 0 Å². The van der Waals surface area contributed by atoms with Crippen molar-refractivity contribution in [2.45, 2.75) is 64.8 Å². The zero-order chi connectivity index (χ0) is 18.7. The van der Waals surface area contributed by atoms with Crippen molar-refractivity contribution in [3.63, 3.8) is 0 Å². The van der Waals surface area contributed by atoms with E-state index in [-0.39, 0.29) is 5.57 Å². The van der Waals surface area contributed by atoms with E-state index in [0.717, 1.165) is 5.57 Å². The van der Waals surface area contributed by atoms with Crippen LogP contribution in [0.25, 0.3) is 6.08 Å². The summed E-state index contributed by atoms with van der Waals surface area (Å²) in [6.45, 7) is 10.7. The lowest BCUT2D eigenvalue weighted by atomic mass is 9.91. The highest BCUT2D eigenvalue weighted by Crippen LogP contribution is 2.31. The molecule has 1 aromatic heterocycles. The lowest BCUT2D eigenvalue weighted by molar-refractivity contribution is -0.152. The Balaban J connectivity index is 2.31. The van der Waals surface area contributed by atoms with Gasteiger partial charge < -0.3 is 4.74 Å². The van der Waals surface area contributed by atoms with Crippen molar-refractivity contribution in [3.8, 4) is 6.07 Å². The fourth-order valence-corrected chi connectivity index (χ4v) is 9.62. The number of thiophene rings is 1. The van der Waals surface area contributed by atoms with Crippen LogP contribution in [0, 0.1) is 11.3 Å². The van der Waals surface area contributed by atoms with E-state index in [1.165, 1.54) is 23.0 Å². The molecule has 3 nitrogen and oxygen atoms in total. The van der Waals surface area contributed by atoms with Crippen LogP contribution < -0.4 is 4.50 Å². The van der Waals surface area contributed by atoms with Crippen LogP contribution >= 0.6 is 11.3 Å². The first kappa shape index (κ1) is 19.7. The molecule has 2 rings (SSSR count). The summed E-state index contributed by atoms with van der Waals surface area (Å²) in [6, 6.07) is 10.3. The summed E-state index contributed by atoms with van der Waals surface area (Å²) < 4.78 is 6.86. The molecule has 1 aliphatic rings. The second-order valence-electron chi connectivity index (χ2n) is 7.21. The second kappa shape index (κ2) is 7.71. The van der Waals surface area contributed by atoms with Crippen LogP contribution in [0.4, 0.5) is 0 Å². The van der Waals surface area contributed by atoms with E-state index in [1.807, 2.05) is 43.4 Å². The minimum Gasteiger partial charge on any atom is -0.455 e. The molecule has 0 bridgehead atoms. The van der Waals surface area contributed by atoms with Gasteiger partial charge in [-0.2, -0.15) is 5.26 Å². The number of allylic oxidation sites excluding steroid dienone is 1. The van der Waals surface area contributed by atoms with Crippen LogP contribution in [-0.2, 0) is 9.53 Å². The van der Waals surface area contributed by atoms with Crippen molar-refractivity contribution >= 4 is 36.0 Å². The van der Waals surface area contributed by atoms with Crippen LogP contribution in [0.15, 0.2) is 29.4 Å². The predicted octanol–water partition coefficient (Wildman–Crippen LogP) is 5.02. The molecule has 0 atom stereocenters.